The molecular formula is C9H9N2O3. The van der Waals surface area contributed by atoms with Gasteiger partial charge in [0.05, 0.1) is 11.0 Å². The van der Waals surface area contributed by atoms with E-state index < -0.39 is 4.92 Å². The molecule has 0 aliphatic carbocycles. The zero-order valence-electron chi connectivity index (χ0n) is 7.34. The Morgan fingerprint density at radius 2 is 2.00 bits per heavy atom. The fourth-order valence-electron chi connectivity index (χ4n) is 1.01. The van der Waals surface area contributed by atoms with E-state index in [1.54, 1.807) is 12.1 Å². The second-order valence-corrected chi connectivity index (χ2v) is 2.69. The Kier molecular flexibility index (Phi) is 3.17. The van der Waals surface area contributed by atoms with Crippen molar-refractivity contribution in [1.82, 2.24) is 5.32 Å². The lowest BCUT2D eigenvalue weighted by atomic mass is 10.1. The van der Waals surface area contributed by atoms with Gasteiger partial charge in [-0.2, -0.15) is 0 Å². The number of carbonyl (C=O) groups excluding carboxylic acids is 1. The largest absolute Gasteiger partial charge is 0.352 e. The summed E-state index contributed by atoms with van der Waals surface area (Å²) in [6.07, 6.45) is 0.541. The van der Waals surface area contributed by atoms with Crippen LogP contribution < -0.4 is 5.32 Å². The minimum absolute atomic E-state index is 0.0204. The van der Waals surface area contributed by atoms with Crippen LogP contribution in [0.1, 0.15) is 11.6 Å². The van der Waals surface area contributed by atoms with E-state index >= 15 is 0 Å². The number of amides is 1. The molecule has 1 radical (unpaired) electrons. The summed E-state index contributed by atoms with van der Waals surface area (Å²) < 4.78 is 0. The summed E-state index contributed by atoms with van der Waals surface area (Å²) in [5.74, 6) is 0. The Morgan fingerprint density at radius 3 is 2.43 bits per heavy atom. The number of non-ortho nitro benzene ring substituents is 1. The van der Waals surface area contributed by atoms with E-state index in [2.05, 4.69) is 12.2 Å². The quantitative estimate of drug-likeness (QED) is 0.444. The van der Waals surface area contributed by atoms with Gasteiger partial charge in [0.25, 0.3) is 5.69 Å². The van der Waals surface area contributed by atoms with Gasteiger partial charge >= 0.3 is 0 Å². The predicted molar refractivity (Wildman–Crippen MR) is 50.4 cm³/mol. The number of benzene rings is 1. The highest BCUT2D eigenvalue weighted by atomic mass is 16.6. The topological polar surface area (TPSA) is 72.2 Å². The van der Waals surface area contributed by atoms with E-state index in [4.69, 9.17) is 0 Å². The molecule has 1 N–H and O–H groups in total. The summed E-state index contributed by atoms with van der Waals surface area (Å²) in [5, 5.41) is 12.8. The summed E-state index contributed by atoms with van der Waals surface area (Å²) in [6, 6.07) is 5.49. The third-order valence-electron chi connectivity index (χ3n) is 1.78. The molecular weight excluding hydrogens is 184 g/mol. The molecule has 73 valence electrons. The summed E-state index contributed by atoms with van der Waals surface area (Å²) in [4.78, 5) is 20.0. The molecule has 1 unspecified atom stereocenters. The molecule has 1 aromatic rings. The van der Waals surface area contributed by atoms with Gasteiger partial charge in [-0.3, -0.25) is 14.9 Å². The minimum Gasteiger partial charge on any atom is -0.352 e. The van der Waals surface area contributed by atoms with Crippen LogP contribution in [-0.4, -0.2) is 11.3 Å². The Labute approximate surface area is 80.9 Å². The Bertz CT molecular complexity index is 334. The maximum atomic E-state index is 10.3. The van der Waals surface area contributed by atoms with Crippen LogP contribution in [0.2, 0.25) is 0 Å². The number of nitro groups is 1. The van der Waals surface area contributed by atoms with Gasteiger partial charge < -0.3 is 5.32 Å². The van der Waals surface area contributed by atoms with E-state index in [-0.39, 0.29) is 11.7 Å². The summed E-state index contributed by atoms with van der Waals surface area (Å²) >= 11 is 0. The van der Waals surface area contributed by atoms with Crippen LogP contribution in [0, 0.1) is 17.0 Å². The zero-order chi connectivity index (χ0) is 10.6. The normalized spacial score (nSPS) is 11.8. The summed E-state index contributed by atoms with van der Waals surface area (Å²) in [7, 11) is 0. The Balaban J connectivity index is 2.82. The molecule has 14 heavy (non-hydrogen) atoms. The minimum atomic E-state index is -0.477. The molecule has 0 spiro atoms. The Hall–Kier alpha value is -1.91. The van der Waals surface area contributed by atoms with Crippen molar-refractivity contribution in [3.63, 3.8) is 0 Å². The maximum Gasteiger partial charge on any atom is 0.269 e. The van der Waals surface area contributed by atoms with Crippen molar-refractivity contribution >= 4 is 12.1 Å². The van der Waals surface area contributed by atoms with Gasteiger partial charge in [0.2, 0.25) is 6.41 Å². The second kappa shape index (κ2) is 4.36. The first kappa shape index (κ1) is 10.2. The SMILES string of the molecule is [CH2]C(NC=O)c1ccc([N+](=O)[O-])cc1. The first-order chi connectivity index (χ1) is 6.65. The first-order valence-electron chi connectivity index (χ1n) is 3.92. The lowest BCUT2D eigenvalue weighted by molar-refractivity contribution is -0.384. The molecule has 1 amide bonds. The molecule has 0 saturated carbocycles. The molecule has 0 aromatic heterocycles. The van der Waals surface area contributed by atoms with E-state index in [0.717, 1.165) is 5.56 Å². The third-order valence-corrected chi connectivity index (χ3v) is 1.78. The van der Waals surface area contributed by atoms with Crippen molar-refractivity contribution in [2.75, 3.05) is 0 Å². The number of nitro benzene ring substituents is 1. The average Bonchev–Trinajstić information content (AvgIpc) is 2.18. The van der Waals surface area contributed by atoms with Crippen LogP contribution in [0.3, 0.4) is 0 Å². The highest BCUT2D eigenvalue weighted by Crippen LogP contribution is 2.16. The van der Waals surface area contributed by atoms with Crippen LogP contribution in [0.4, 0.5) is 5.69 Å². The third kappa shape index (κ3) is 2.29. The van der Waals surface area contributed by atoms with Gasteiger partial charge in [-0.1, -0.05) is 12.1 Å². The van der Waals surface area contributed by atoms with Crippen LogP contribution in [0.15, 0.2) is 24.3 Å². The number of hydrogen-bond acceptors (Lipinski definition) is 3. The highest BCUT2D eigenvalue weighted by Gasteiger charge is 2.07. The van der Waals surface area contributed by atoms with Gasteiger partial charge in [-0.25, -0.2) is 0 Å². The monoisotopic (exact) mass is 193 g/mol. The van der Waals surface area contributed by atoms with Crippen molar-refractivity contribution in [3.05, 3.63) is 46.9 Å². The van der Waals surface area contributed by atoms with Gasteiger partial charge in [-0.15, -0.1) is 0 Å². The fourth-order valence-corrected chi connectivity index (χ4v) is 1.01. The van der Waals surface area contributed by atoms with Crippen LogP contribution in [0.25, 0.3) is 0 Å². The molecule has 0 fully saturated rings. The van der Waals surface area contributed by atoms with E-state index in [0.29, 0.717) is 6.41 Å². The average molecular weight is 193 g/mol. The molecule has 0 aliphatic heterocycles. The zero-order valence-corrected chi connectivity index (χ0v) is 7.34. The molecule has 1 aromatic carbocycles. The molecule has 1 rings (SSSR count). The second-order valence-electron chi connectivity index (χ2n) is 2.69. The molecule has 1 atom stereocenters. The van der Waals surface area contributed by atoms with E-state index in [1.165, 1.54) is 12.1 Å². The predicted octanol–water partition coefficient (Wildman–Crippen LogP) is 1.22. The van der Waals surface area contributed by atoms with Gasteiger partial charge in [0, 0.05) is 12.1 Å². The van der Waals surface area contributed by atoms with Crippen molar-refractivity contribution < 1.29 is 9.72 Å². The lowest BCUT2D eigenvalue weighted by Crippen LogP contribution is -2.16. The van der Waals surface area contributed by atoms with Crippen molar-refractivity contribution in [3.8, 4) is 0 Å². The lowest BCUT2D eigenvalue weighted by Gasteiger charge is -2.09. The fraction of sp³-hybridized carbons (Fsp3) is 0.111. The van der Waals surface area contributed by atoms with Crippen LogP contribution >= 0.6 is 0 Å². The van der Waals surface area contributed by atoms with Gasteiger partial charge in [0.1, 0.15) is 0 Å². The maximum absolute atomic E-state index is 10.3. The number of rotatable bonds is 4. The molecule has 0 saturated heterocycles. The number of carbonyl (C=O) groups is 1. The van der Waals surface area contributed by atoms with Crippen LogP contribution in [0.5, 0.6) is 0 Å². The Morgan fingerprint density at radius 1 is 1.43 bits per heavy atom. The molecule has 0 bridgehead atoms. The van der Waals surface area contributed by atoms with Crippen molar-refractivity contribution in [2.24, 2.45) is 0 Å². The van der Waals surface area contributed by atoms with Crippen molar-refractivity contribution in [2.45, 2.75) is 6.04 Å². The standard InChI is InChI=1S/C9H9N2O3/c1-7(10-6-12)8-2-4-9(5-3-8)11(13)14/h2-7H,1H2,(H,10,12). The van der Waals surface area contributed by atoms with Gasteiger partial charge in [0.15, 0.2) is 0 Å². The number of hydrogen-bond donors (Lipinski definition) is 1. The highest BCUT2D eigenvalue weighted by molar-refractivity contribution is 5.48. The molecule has 0 aliphatic rings. The van der Waals surface area contributed by atoms with E-state index in [1.807, 2.05) is 0 Å². The van der Waals surface area contributed by atoms with Crippen LogP contribution in [-0.2, 0) is 4.79 Å². The number of nitrogens with one attached hydrogen (secondary N) is 1. The van der Waals surface area contributed by atoms with Gasteiger partial charge in [-0.05, 0) is 12.5 Å². The summed E-state index contributed by atoms with van der Waals surface area (Å²) in [6.45, 7) is 3.66. The molecule has 0 heterocycles. The summed E-state index contributed by atoms with van der Waals surface area (Å²) in [5.41, 5.74) is 0.745. The van der Waals surface area contributed by atoms with E-state index in [9.17, 15) is 14.9 Å². The first-order valence-corrected chi connectivity index (χ1v) is 3.92. The number of nitrogens with zero attached hydrogens (tertiary/aromatic N) is 1. The smallest absolute Gasteiger partial charge is 0.269 e. The van der Waals surface area contributed by atoms with Crippen molar-refractivity contribution in [1.29, 1.82) is 0 Å². The molecule has 5 heteroatoms. The molecule has 5 nitrogen and oxygen atoms in total.